The summed E-state index contributed by atoms with van der Waals surface area (Å²) in [4.78, 5) is 9.40. The molecule has 1 saturated heterocycles. The van der Waals surface area contributed by atoms with E-state index in [1.54, 1.807) is 0 Å². The van der Waals surface area contributed by atoms with Crippen molar-refractivity contribution in [1.82, 2.24) is 9.88 Å². The minimum atomic E-state index is 0.582. The molecule has 4 heteroatoms. The highest BCUT2D eigenvalue weighted by molar-refractivity contribution is 5.98. The highest BCUT2D eigenvalue weighted by Crippen LogP contribution is 2.29. The van der Waals surface area contributed by atoms with Crippen molar-refractivity contribution < 1.29 is 0 Å². The fourth-order valence-corrected chi connectivity index (χ4v) is 3.14. The van der Waals surface area contributed by atoms with E-state index in [1.165, 1.54) is 5.69 Å². The zero-order valence-corrected chi connectivity index (χ0v) is 12.2. The molecule has 1 aliphatic rings. The molecule has 3 rings (SSSR count). The Morgan fingerprint density at radius 1 is 1.30 bits per heavy atom. The van der Waals surface area contributed by atoms with Crippen molar-refractivity contribution in [2.45, 2.75) is 19.9 Å². The zero-order chi connectivity index (χ0) is 14.1. The Morgan fingerprint density at radius 3 is 2.90 bits per heavy atom. The van der Waals surface area contributed by atoms with Gasteiger partial charge in [-0.1, -0.05) is 19.1 Å². The number of nitrogens with zero attached hydrogens (tertiary/aromatic N) is 3. The summed E-state index contributed by atoms with van der Waals surface area (Å²) >= 11 is 0. The molecule has 2 aromatic rings. The van der Waals surface area contributed by atoms with Crippen molar-refractivity contribution in [3.05, 3.63) is 30.5 Å². The molecule has 2 N–H and O–H groups in total. The van der Waals surface area contributed by atoms with Crippen LogP contribution in [0.1, 0.15) is 13.8 Å². The van der Waals surface area contributed by atoms with E-state index in [0.29, 0.717) is 6.04 Å². The lowest BCUT2D eigenvalue weighted by Crippen LogP contribution is -2.51. The van der Waals surface area contributed by atoms with Crippen LogP contribution in [0.4, 0.5) is 11.4 Å². The third-order valence-corrected chi connectivity index (χ3v) is 4.29. The lowest BCUT2D eigenvalue weighted by atomic mass is 10.1. The van der Waals surface area contributed by atoms with Gasteiger partial charge in [-0.3, -0.25) is 9.88 Å². The topological polar surface area (TPSA) is 45.4 Å². The molecular weight excluding hydrogens is 248 g/mol. The first-order valence-electron chi connectivity index (χ1n) is 7.33. The molecule has 2 heterocycles. The van der Waals surface area contributed by atoms with E-state index in [0.717, 1.165) is 42.8 Å². The van der Waals surface area contributed by atoms with Crippen LogP contribution in [-0.4, -0.2) is 42.1 Å². The van der Waals surface area contributed by atoms with E-state index < -0.39 is 0 Å². The average molecular weight is 270 g/mol. The number of para-hydroxylation sites is 1. The van der Waals surface area contributed by atoms with Gasteiger partial charge in [-0.25, -0.2) is 0 Å². The number of nitrogen functional groups attached to an aromatic ring is 1. The number of rotatable bonds is 2. The van der Waals surface area contributed by atoms with Crippen molar-refractivity contribution in [1.29, 1.82) is 0 Å². The average Bonchev–Trinajstić information content (AvgIpc) is 2.47. The number of anilines is 2. The summed E-state index contributed by atoms with van der Waals surface area (Å²) in [5.41, 5.74) is 8.96. The van der Waals surface area contributed by atoms with E-state index in [9.17, 15) is 0 Å². The summed E-state index contributed by atoms with van der Waals surface area (Å²) < 4.78 is 0. The third-order valence-electron chi connectivity index (χ3n) is 4.29. The molecule has 0 spiro atoms. The number of hydrogen-bond acceptors (Lipinski definition) is 4. The van der Waals surface area contributed by atoms with Crippen molar-refractivity contribution >= 4 is 22.3 Å². The predicted molar refractivity (Wildman–Crippen MR) is 85.1 cm³/mol. The summed E-state index contributed by atoms with van der Waals surface area (Å²) in [6.45, 7) is 8.89. The van der Waals surface area contributed by atoms with Crippen molar-refractivity contribution in [3.63, 3.8) is 0 Å². The molecule has 0 amide bonds. The first-order chi connectivity index (χ1) is 9.70. The van der Waals surface area contributed by atoms with Crippen LogP contribution in [0.5, 0.6) is 0 Å². The van der Waals surface area contributed by atoms with Gasteiger partial charge in [0.2, 0.25) is 0 Å². The van der Waals surface area contributed by atoms with Crippen LogP contribution in [0.3, 0.4) is 0 Å². The minimum Gasteiger partial charge on any atom is -0.397 e. The van der Waals surface area contributed by atoms with Gasteiger partial charge in [0.25, 0.3) is 0 Å². The van der Waals surface area contributed by atoms with E-state index in [2.05, 4.69) is 40.8 Å². The third kappa shape index (κ3) is 2.20. The number of aromatic nitrogens is 1. The fraction of sp³-hybridized carbons (Fsp3) is 0.438. The molecule has 4 nitrogen and oxygen atoms in total. The maximum absolute atomic E-state index is 6.04. The van der Waals surface area contributed by atoms with Gasteiger partial charge in [0.1, 0.15) is 0 Å². The summed E-state index contributed by atoms with van der Waals surface area (Å²) in [6.07, 6.45) is 1.87. The number of likely N-dealkylation sites (N-methyl/N-ethyl adjacent to an activating group) is 1. The van der Waals surface area contributed by atoms with Gasteiger partial charge in [-0.15, -0.1) is 0 Å². The molecule has 1 aromatic heterocycles. The maximum atomic E-state index is 6.04. The van der Waals surface area contributed by atoms with Crippen LogP contribution in [0.25, 0.3) is 10.9 Å². The normalized spacial score (nSPS) is 20.5. The molecule has 0 radical (unpaired) electrons. The minimum absolute atomic E-state index is 0.582. The molecule has 20 heavy (non-hydrogen) atoms. The van der Waals surface area contributed by atoms with Crippen LogP contribution < -0.4 is 10.6 Å². The van der Waals surface area contributed by atoms with Crippen LogP contribution >= 0.6 is 0 Å². The molecular formula is C16H22N4. The number of benzene rings is 1. The summed E-state index contributed by atoms with van der Waals surface area (Å²) in [5, 5.41) is 1.16. The van der Waals surface area contributed by atoms with Crippen LogP contribution in [0, 0.1) is 0 Å². The van der Waals surface area contributed by atoms with E-state index in [1.807, 2.05) is 18.3 Å². The number of hydrogen-bond donors (Lipinski definition) is 1. The number of fused-ring (bicyclic) bond motifs is 1. The molecule has 1 atom stereocenters. The molecule has 106 valence electrons. The van der Waals surface area contributed by atoms with Gasteiger partial charge in [0, 0.05) is 42.9 Å². The second-order valence-corrected chi connectivity index (χ2v) is 5.50. The lowest BCUT2D eigenvalue weighted by Gasteiger charge is -2.40. The molecule has 1 aliphatic heterocycles. The van der Waals surface area contributed by atoms with E-state index >= 15 is 0 Å². The van der Waals surface area contributed by atoms with Gasteiger partial charge in [0.15, 0.2) is 0 Å². The monoisotopic (exact) mass is 270 g/mol. The lowest BCUT2D eigenvalue weighted by molar-refractivity contribution is 0.199. The Bertz CT molecular complexity index is 610. The van der Waals surface area contributed by atoms with Crippen LogP contribution in [0.15, 0.2) is 30.5 Å². The van der Waals surface area contributed by atoms with Crippen molar-refractivity contribution in [2.24, 2.45) is 0 Å². The Labute approximate surface area is 120 Å². The van der Waals surface area contributed by atoms with Gasteiger partial charge in [-0.2, -0.15) is 0 Å². The van der Waals surface area contributed by atoms with Crippen molar-refractivity contribution in [3.8, 4) is 0 Å². The summed E-state index contributed by atoms with van der Waals surface area (Å²) in [7, 11) is 0. The Balaban J connectivity index is 1.97. The van der Waals surface area contributed by atoms with Crippen molar-refractivity contribution in [2.75, 3.05) is 36.8 Å². The van der Waals surface area contributed by atoms with Crippen LogP contribution in [-0.2, 0) is 0 Å². The number of piperazine rings is 1. The second kappa shape index (κ2) is 5.29. The second-order valence-electron chi connectivity index (χ2n) is 5.50. The molecule has 0 aliphatic carbocycles. The predicted octanol–water partition coefficient (Wildman–Crippen LogP) is 2.35. The molecule has 1 aromatic carbocycles. The molecule has 0 bridgehead atoms. The Morgan fingerprint density at radius 2 is 2.15 bits per heavy atom. The Hall–Kier alpha value is -1.81. The van der Waals surface area contributed by atoms with Gasteiger partial charge < -0.3 is 10.6 Å². The number of nitrogens with two attached hydrogens (primary N) is 1. The quantitative estimate of drug-likeness (QED) is 0.851. The summed E-state index contributed by atoms with van der Waals surface area (Å²) in [6, 6.07) is 8.73. The first kappa shape index (κ1) is 13.2. The standard InChI is InChI=1S/C16H22N4/c1-3-19-9-10-20(11-12(19)2)15-7-8-18-16-13(15)5-4-6-14(16)17/h4-8,12H,3,9-11,17H2,1-2H3. The highest BCUT2D eigenvalue weighted by Gasteiger charge is 2.23. The van der Waals surface area contributed by atoms with Gasteiger partial charge >= 0.3 is 0 Å². The molecule has 1 unspecified atom stereocenters. The maximum Gasteiger partial charge on any atom is 0.0951 e. The van der Waals surface area contributed by atoms with E-state index in [4.69, 9.17) is 5.73 Å². The number of pyridine rings is 1. The zero-order valence-electron chi connectivity index (χ0n) is 12.2. The van der Waals surface area contributed by atoms with Crippen LogP contribution in [0.2, 0.25) is 0 Å². The first-order valence-corrected chi connectivity index (χ1v) is 7.33. The molecule has 0 saturated carbocycles. The highest BCUT2D eigenvalue weighted by atomic mass is 15.3. The van der Waals surface area contributed by atoms with Gasteiger partial charge in [0.05, 0.1) is 11.2 Å². The van der Waals surface area contributed by atoms with Gasteiger partial charge in [-0.05, 0) is 25.6 Å². The largest absolute Gasteiger partial charge is 0.397 e. The summed E-state index contributed by atoms with van der Waals surface area (Å²) in [5.74, 6) is 0. The SMILES string of the molecule is CCN1CCN(c2ccnc3c(N)cccc23)CC1C. The van der Waals surface area contributed by atoms with E-state index in [-0.39, 0.29) is 0 Å². The smallest absolute Gasteiger partial charge is 0.0951 e. The Kier molecular flexibility index (Phi) is 3.49. The molecule has 1 fully saturated rings. The fourth-order valence-electron chi connectivity index (χ4n) is 3.14.